The zero-order valence-corrected chi connectivity index (χ0v) is 11.7. The Hall–Kier alpha value is -1.46. The molecule has 0 saturated carbocycles. The van der Waals surface area contributed by atoms with Gasteiger partial charge in [-0.1, -0.05) is 28.1 Å². The van der Waals surface area contributed by atoms with Crippen molar-refractivity contribution in [1.82, 2.24) is 0 Å². The maximum atomic E-state index is 13.7. The van der Waals surface area contributed by atoms with Gasteiger partial charge in [0.15, 0.2) is 0 Å². The van der Waals surface area contributed by atoms with E-state index in [2.05, 4.69) is 15.9 Å². The Morgan fingerprint density at radius 3 is 2.42 bits per heavy atom. The van der Waals surface area contributed by atoms with Crippen LogP contribution in [0.15, 0.2) is 40.9 Å². The molecule has 2 aromatic rings. The van der Waals surface area contributed by atoms with Gasteiger partial charge >= 0.3 is 0 Å². The first-order valence-corrected chi connectivity index (χ1v) is 6.36. The number of rotatable bonds is 3. The first-order valence-electron chi connectivity index (χ1n) is 5.57. The Morgan fingerprint density at radius 1 is 1.11 bits per heavy atom. The molecule has 0 heterocycles. The number of methoxy groups -OCH3 is 1. The molecule has 0 radical (unpaired) electrons. The van der Waals surface area contributed by atoms with Gasteiger partial charge in [0, 0.05) is 21.7 Å². The fourth-order valence-corrected chi connectivity index (χ4v) is 2.20. The lowest BCUT2D eigenvalue weighted by atomic mass is 9.98. The van der Waals surface area contributed by atoms with Crippen LogP contribution < -0.4 is 10.5 Å². The van der Waals surface area contributed by atoms with Gasteiger partial charge in [0.1, 0.15) is 17.4 Å². The van der Waals surface area contributed by atoms with E-state index in [9.17, 15) is 8.78 Å². The second kappa shape index (κ2) is 5.67. The molecule has 0 aliphatic heterocycles. The molecule has 2 nitrogen and oxygen atoms in total. The highest BCUT2D eigenvalue weighted by molar-refractivity contribution is 9.10. The number of ether oxygens (including phenoxy) is 1. The highest BCUT2D eigenvalue weighted by atomic mass is 79.9. The predicted molar refractivity (Wildman–Crippen MR) is 73.1 cm³/mol. The Labute approximate surface area is 118 Å². The highest BCUT2D eigenvalue weighted by Gasteiger charge is 2.18. The van der Waals surface area contributed by atoms with Crippen LogP contribution in [0, 0.1) is 11.6 Å². The van der Waals surface area contributed by atoms with Crippen LogP contribution in [0.2, 0.25) is 0 Å². The minimum Gasteiger partial charge on any atom is -0.496 e. The van der Waals surface area contributed by atoms with Crippen molar-refractivity contribution in [2.75, 3.05) is 7.11 Å². The fourth-order valence-electron chi connectivity index (χ4n) is 1.86. The van der Waals surface area contributed by atoms with E-state index in [1.807, 2.05) is 0 Å². The maximum absolute atomic E-state index is 13.7. The van der Waals surface area contributed by atoms with Crippen LogP contribution in [0.4, 0.5) is 8.78 Å². The summed E-state index contributed by atoms with van der Waals surface area (Å²) in [5, 5.41) is 0. The van der Waals surface area contributed by atoms with Gasteiger partial charge in [-0.2, -0.15) is 0 Å². The molecule has 0 aliphatic rings. The minimum atomic E-state index is -0.719. The molecular formula is C14H12BrF2NO. The molecule has 1 unspecified atom stereocenters. The average molecular weight is 328 g/mol. The van der Waals surface area contributed by atoms with Gasteiger partial charge in [-0.25, -0.2) is 8.78 Å². The van der Waals surface area contributed by atoms with Crippen molar-refractivity contribution in [2.45, 2.75) is 6.04 Å². The molecule has 2 N–H and O–H groups in total. The Kier molecular flexibility index (Phi) is 4.17. The normalized spacial score (nSPS) is 12.3. The number of hydrogen-bond donors (Lipinski definition) is 1. The van der Waals surface area contributed by atoms with Gasteiger partial charge in [-0.3, -0.25) is 0 Å². The lowest BCUT2D eigenvalue weighted by Crippen LogP contribution is -2.15. The molecule has 5 heteroatoms. The van der Waals surface area contributed by atoms with Crippen LogP contribution in [0.1, 0.15) is 17.2 Å². The average Bonchev–Trinajstić information content (AvgIpc) is 2.37. The molecule has 0 spiro atoms. The van der Waals surface area contributed by atoms with E-state index in [1.165, 1.54) is 19.2 Å². The lowest BCUT2D eigenvalue weighted by Gasteiger charge is -2.17. The molecule has 0 aromatic heterocycles. The third-order valence-corrected chi connectivity index (χ3v) is 3.32. The summed E-state index contributed by atoms with van der Waals surface area (Å²) in [4.78, 5) is 0. The van der Waals surface area contributed by atoms with Crippen molar-refractivity contribution >= 4 is 15.9 Å². The third kappa shape index (κ3) is 2.93. The summed E-state index contributed by atoms with van der Waals surface area (Å²) < 4.78 is 32.7. The molecule has 1 atom stereocenters. The van der Waals surface area contributed by atoms with Gasteiger partial charge in [-0.15, -0.1) is 0 Å². The SMILES string of the molecule is COc1cc(Br)ccc1C(N)c1ccc(F)cc1F. The van der Waals surface area contributed by atoms with Crippen molar-refractivity contribution < 1.29 is 13.5 Å². The standard InChI is InChI=1S/C14H12BrF2NO/c1-19-13-6-8(15)2-4-11(13)14(18)10-5-3-9(16)7-12(10)17/h2-7,14H,18H2,1H3. The van der Waals surface area contributed by atoms with Crippen LogP contribution >= 0.6 is 15.9 Å². The second-order valence-corrected chi connectivity index (χ2v) is 4.95. The van der Waals surface area contributed by atoms with Crippen LogP contribution in [-0.2, 0) is 0 Å². The van der Waals surface area contributed by atoms with Crippen molar-refractivity contribution in [2.24, 2.45) is 5.73 Å². The summed E-state index contributed by atoms with van der Waals surface area (Å²) in [5.74, 6) is -0.751. The van der Waals surface area contributed by atoms with Crippen LogP contribution in [0.5, 0.6) is 5.75 Å². The van der Waals surface area contributed by atoms with Gasteiger partial charge in [0.25, 0.3) is 0 Å². The van der Waals surface area contributed by atoms with E-state index in [0.29, 0.717) is 11.3 Å². The molecule has 0 saturated heterocycles. The zero-order valence-electron chi connectivity index (χ0n) is 10.2. The molecule has 2 rings (SSSR count). The smallest absolute Gasteiger partial charge is 0.131 e. The number of benzene rings is 2. The molecule has 0 aliphatic carbocycles. The predicted octanol–water partition coefficient (Wildman–Crippen LogP) is 3.78. The van der Waals surface area contributed by atoms with E-state index >= 15 is 0 Å². The van der Waals surface area contributed by atoms with Crippen molar-refractivity contribution in [3.05, 3.63) is 63.6 Å². The molecule has 19 heavy (non-hydrogen) atoms. The van der Waals surface area contributed by atoms with Crippen LogP contribution in [0.3, 0.4) is 0 Å². The minimum absolute atomic E-state index is 0.224. The summed E-state index contributed by atoms with van der Waals surface area (Å²) in [6.45, 7) is 0. The second-order valence-electron chi connectivity index (χ2n) is 4.03. The van der Waals surface area contributed by atoms with Crippen LogP contribution in [0.25, 0.3) is 0 Å². The summed E-state index contributed by atoms with van der Waals surface area (Å²) in [7, 11) is 1.51. The number of nitrogens with two attached hydrogens (primary N) is 1. The quantitative estimate of drug-likeness (QED) is 0.931. The summed E-state index contributed by atoms with van der Waals surface area (Å²) in [6, 6.07) is 7.91. The number of halogens is 3. The van der Waals surface area contributed by atoms with Gasteiger partial charge in [0.2, 0.25) is 0 Å². The maximum Gasteiger partial charge on any atom is 0.131 e. The summed E-state index contributed by atoms with van der Waals surface area (Å²) >= 11 is 3.32. The van der Waals surface area contributed by atoms with Crippen molar-refractivity contribution in [3.8, 4) is 5.75 Å². The zero-order chi connectivity index (χ0) is 14.0. The monoisotopic (exact) mass is 327 g/mol. The Morgan fingerprint density at radius 2 is 1.79 bits per heavy atom. The fraction of sp³-hybridized carbons (Fsp3) is 0.143. The summed E-state index contributed by atoms with van der Waals surface area (Å²) in [5.41, 5.74) is 6.90. The molecule has 0 fully saturated rings. The van der Waals surface area contributed by atoms with E-state index in [4.69, 9.17) is 10.5 Å². The lowest BCUT2D eigenvalue weighted by molar-refractivity contribution is 0.407. The van der Waals surface area contributed by atoms with Gasteiger partial charge in [-0.05, 0) is 18.2 Å². The highest BCUT2D eigenvalue weighted by Crippen LogP contribution is 2.31. The van der Waals surface area contributed by atoms with Gasteiger partial charge < -0.3 is 10.5 Å². The van der Waals surface area contributed by atoms with E-state index in [-0.39, 0.29) is 5.56 Å². The van der Waals surface area contributed by atoms with E-state index in [0.717, 1.165) is 10.5 Å². The van der Waals surface area contributed by atoms with E-state index < -0.39 is 17.7 Å². The molecule has 2 aromatic carbocycles. The number of hydrogen-bond acceptors (Lipinski definition) is 2. The van der Waals surface area contributed by atoms with Crippen LogP contribution in [-0.4, -0.2) is 7.11 Å². The van der Waals surface area contributed by atoms with Gasteiger partial charge in [0.05, 0.1) is 13.2 Å². The third-order valence-electron chi connectivity index (χ3n) is 2.83. The Balaban J connectivity index is 2.46. The molecule has 100 valence electrons. The Bertz CT molecular complexity index is 604. The first-order chi connectivity index (χ1) is 9.02. The largest absolute Gasteiger partial charge is 0.496 e. The van der Waals surface area contributed by atoms with Crippen molar-refractivity contribution in [3.63, 3.8) is 0 Å². The molecule has 0 amide bonds. The first kappa shape index (κ1) is 14.0. The topological polar surface area (TPSA) is 35.2 Å². The van der Waals surface area contributed by atoms with E-state index in [1.54, 1.807) is 18.2 Å². The van der Waals surface area contributed by atoms with Crippen molar-refractivity contribution in [1.29, 1.82) is 0 Å². The summed E-state index contributed by atoms with van der Waals surface area (Å²) in [6.07, 6.45) is 0. The molecule has 0 bridgehead atoms. The molecular weight excluding hydrogens is 316 g/mol.